The van der Waals surface area contributed by atoms with E-state index >= 15 is 0 Å². The molecule has 0 aromatic rings. The summed E-state index contributed by atoms with van der Waals surface area (Å²) in [5.74, 6) is 0. The molecule has 1 atom stereocenters. The van der Waals surface area contributed by atoms with Gasteiger partial charge in [0.2, 0.25) is 0 Å². The average Bonchev–Trinajstić information content (AvgIpc) is 2.69. The summed E-state index contributed by atoms with van der Waals surface area (Å²) in [4.78, 5) is 0. The molecule has 1 nitrogen and oxygen atoms in total. The summed E-state index contributed by atoms with van der Waals surface area (Å²) >= 11 is 0. The van der Waals surface area contributed by atoms with Crippen molar-refractivity contribution in [2.24, 2.45) is 0 Å². The molecule has 1 N–H and O–H groups in total. The zero-order valence-electron chi connectivity index (χ0n) is 6.91. The Morgan fingerprint density at radius 3 is 2.17 bits per heavy atom. The molecule has 0 aliphatic heterocycles. The smallest absolute Gasteiger partial charge is 0.298 e. The number of alkyl halides is 3. The first-order valence-electron chi connectivity index (χ1n) is 3.87. The minimum absolute atomic E-state index is 0.0228. The lowest BCUT2D eigenvalue weighted by molar-refractivity contribution is -0.176. The van der Waals surface area contributed by atoms with Crippen LogP contribution in [0.5, 0.6) is 0 Å². The first kappa shape index (κ1) is 9.58. The van der Waals surface area contributed by atoms with Crippen molar-refractivity contribution in [1.82, 2.24) is 5.32 Å². The van der Waals surface area contributed by atoms with Crippen LogP contribution in [-0.2, 0) is 0 Å². The van der Waals surface area contributed by atoms with Gasteiger partial charge in [0.15, 0.2) is 0 Å². The molecule has 0 saturated heterocycles. The van der Waals surface area contributed by atoms with Gasteiger partial charge in [-0.3, -0.25) is 5.32 Å². The van der Waals surface area contributed by atoms with Gasteiger partial charge in [-0.05, 0) is 19.8 Å². The van der Waals surface area contributed by atoms with E-state index in [0.29, 0.717) is 0 Å². The van der Waals surface area contributed by atoms with E-state index in [0.717, 1.165) is 25.8 Å². The first-order chi connectivity index (χ1) is 5.39. The third-order valence-corrected chi connectivity index (χ3v) is 2.08. The van der Waals surface area contributed by atoms with Crippen molar-refractivity contribution >= 4 is 0 Å². The summed E-state index contributed by atoms with van der Waals surface area (Å²) in [6.45, 7) is 4.31. The van der Waals surface area contributed by atoms with Gasteiger partial charge in [0.25, 0.3) is 0 Å². The molecule has 1 fully saturated rings. The summed E-state index contributed by atoms with van der Waals surface area (Å²) in [6, 6.07) is 0.0228. The summed E-state index contributed by atoms with van der Waals surface area (Å²) in [7, 11) is 0. The third kappa shape index (κ3) is 1.80. The lowest BCUT2D eigenvalue weighted by Gasteiger charge is -2.29. The molecule has 1 unspecified atom stereocenters. The molecule has 70 valence electrons. The molecule has 1 aliphatic carbocycles. The monoisotopic (exact) mass is 179 g/mol. The quantitative estimate of drug-likeness (QED) is 0.655. The zero-order valence-corrected chi connectivity index (χ0v) is 6.91. The SMILES string of the molecule is C=CC(C)(NC1CC1)C(F)(F)F. The van der Waals surface area contributed by atoms with E-state index in [1.807, 2.05) is 0 Å². The highest BCUT2D eigenvalue weighted by Gasteiger charge is 2.50. The van der Waals surface area contributed by atoms with Gasteiger partial charge >= 0.3 is 6.18 Å². The van der Waals surface area contributed by atoms with Crippen LogP contribution in [0.1, 0.15) is 19.8 Å². The Kier molecular flexibility index (Phi) is 2.21. The van der Waals surface area contributed by atoms with Crippen molar-refractivity contribution in [3.63, 3.8) is 0 Å². The van der Waals surface area contributed by atoms with Crippen LogP contribution in [0.3, 0.4) is 0 Å². The Balaban J connectivity index is 2.65. The lowest BCUT2D eigenvalue weighted by Crippen LogP contribution is -2.53. The zero-order chi connectivity index (χ0) is 9.41. The van der Waals surface area contributed by atoms with Crippen molar-refractivity contribution in [3.8, 4) is 0 Å². The second-order valence-corrected chi connectivity index (χ2v) is 3.32. The van der Waals surface area contributed by atoms with Crippen molar-refractivity contribution in [1.29, 1.82) is 0 Å². The minimum Gasteiger partial charge on any atom is -0.298 e. The van der Waals surface area contributed by atoms with Gasteiger partial charge in [0.05, 0.1) is 0 Å². The molecule has 4 heteroatoms. The van der Waals surface area contributed by atoms with Crippen LogP contribution in [0.25, 0.3) is 0 Å². The Morgan fingerprint density at radius 1 is 1.42 bits per heavy atom. The fourth-order valence-corrected chi connectivity index (χ4v) is 0.908. The van der Waals surface area contributed by atoms with Crippen molar-refractivity contribution in [2.45, 2.75) is 37.5 Å². The van der Waals surface area contributed by atoms with Crippen molar-refractivity contribution in [2.75, 3.05) is 0 Å². The first-order valence-corrected chi connectivity index (χ1v) is 3.87. The number of hydrogen-bond acceptors (Lipinski definition) is 1. The Morgan fingerprint density at radius 2 is 1.92 bits per heavy atom. The molecule has 0 amide bonds. The highest BCUT2D eigenvalue weighted by Crippen LogP contribution is 2.34. The van der Waals surface area contributed by atoms with E-state index in [-0.39, 0.29) is 6.04 Å². The molecule has 1 saturated carbocycles. The van der Waals surface area contributed by atoms with Crippen LogP contribution in [0.15, 0.2) is 12.7 Å². The molecule has 1 aliphatic rings. The summed E-state index contributed by atoms with van der Waals surface area (Å²) in [6.07, 6.45) is -1.66. The summed E-state index contributed by atoms with van der Waals surface area (Å²) < 4.78 is 37.1. The second-order valence-electron chi connectivity index (χ2n) is 3.32. The molecule has 1 rings (SSSR count). The van der Waals surface area contributed by atoms with Gasteiger partial charge in [0.1, 0.15) is 5.54 Å². The van der Waals surface area contributed by atoms with Gasteiger partial charge in [-0.25, -0.2) is 0 Å². The Labute approximate surface area is 69.6 Å². The Bertz CT molecular complexity index is 183. The Hall–Kier alpha value is -0.510. The largest absolute Gasteiger partial charge is 0.409 e. The highest BCUT2D eigenvalue weighted by molar-refractivity contribution is 5.08. The second kappa shape index (κ2) is 2.76. The van der Waals surface area contributed by atoms with E-state index in [1.165, 1.54) is 0 Å². The van der Waals surface area contributed by atoms with Crippen LogP contribution in [-0.4, -0.2) is 17.8 Å². The predicted molar refractivity (Wildman–Crippen MR) is 40.8 cm³/mol. The molecule has 0 aromatic heterocycles. The maximum atomic E-state index is 12.4. The minimum atomic E-state index is -4.25. The summed E-state index contributed by atoms with van der Waals surface area (Å²) in [5, 5.41) is 2.51. The molecule has 12 heavy (non-hydrogen) atoms. The molecule has 0 spiro atoms. The molecular weight excluding hydrogens is 167 g/mol. The van der Waals surface area contributed by atoms with Gasteiger partial charge in [-0.15, -0.1) is 6.58 Å². The van der Waals surface area contributed by atoms with Gasteiger partial charge in [-0.1, -0.05) is 6.08 Å². The predicted octanol–water partition coefficient (Wildman–Crippen LogP) is 2.25. The van der Waals surface area contributed by atoms with Crippen LogP contribution >= 0.6 is 0 Å². The van der Waals surface area contributed by atoms with Crippen molar-refractivity contribution in [3.05, 3.63) is 12.7 Å². The number of hydrogen-bond donors (Lipinski definition) is 1. The maximum absolute atomic E-state index is 12.4. The van der Waals surface area contributed by atoms with Crippen LogP contribution in [0, 0.1) is 0 Å². The van der Waals surface area contributed by atoms with E-state index in [9.17, 15) is 13.2 Å². The van der Waals surface area contributed by atoms with Gasteiger partial charge in [0, 0.05) is 6.04 Å². The summed E-state index contributed by atoms with van der Waals surface area (Å²) in [5.41, 5.74) is -1.92. The third-order valence-electron chi connectivity index (χ3n) is 2.08. The van der Waals surface area contributed by atoms with Crippen LogP contribution in [0.2, 0.25) is 0 Å². The number of rotatable bonds is 3. The molecule has 0 radical (unpaired) electrons. The van der Waals surface area contributed by atoms with E-state index in [1.54, 1.807) is 0 Å². The number of halogens is 3. The fraction of sp³-hybridized carbons (Fsp3) is 0.750. The number of nitrogens with one attached hydrogen (secondary N) is 1. The van der Waals surface area contributed by atoms with Crippen molar-refractivity contribution < 1.29 is 13.2 Å². The highest BCUT2D eigenvalue weighted by atomic mass is 19.4. The normalized spacial score (nSPS) is 23.3. The van der Waals surface area contributed by atoms with Gasteiger partial charge < -0.3 is 0 Å². The molecule has 0 bridgehead atoms. The van der Waals surface area contributed by atoms with E-state index in [2.05, 4.69) is 11.9 Å². The van der Waals surface area contributed by atoms with E-state index in [4.69, 9.17) is 0 Å². The van der Waals surface area contributed by atoms with E-state index < -0.39 is 11.7 Å². The standard InChI is InChI=1S/C8H12F3N/c1-3-7(2,8(9,10)11)12-6-4-5-6/h3,6,12H,1,4-5H2,2H3. The topological polar surface area (TPSA) is 12.0 Å². The fourth-order valence-electron chi connectivity index (χ4n) is 0.908. The average molecular weight is 179 g/mol. The molecule has 0 aromatic carbocycles. The van der Waals surface area contributed by atoms with Crippen LogP contribution < -0.4 is 5.32 Å². The lowest BCUT2D eigenvalue weighted by atomic mass is 10.0. The van der Waals surface area contributed by atoms with Crippen LogP contribution in [0.4, 0.5) is 13.2 Å². The molecule has 0 heterocycles. The maximum Gasteiger partial charge on any atom is 0.409 e. The molecular formula is C8H12F3N. The van der Waals surface area contributed by atoms with Gasteiger partial charge in [-0.2, -0.15) is 13.2 Å².